The van der Waals surface area contributed by atoms with Crippen molar-refractivity contribution in [2.24, 2.45) is 0 Å². The average Bonchev–Trinajstić information content (AvgIpc) is 3.35. The van der Waals surface area contributed by atoms with Crippen molar-refractivity contribution in [1.82, 2.24) is 4.57 Å². The van der Waals surface area contributed by atoms with E-state index in [0.29, 0.717) is 12.0 Å². The van der Waals surface area contributed by atoms with E-state index >= 15 is 0 Å². The number of aromatic nitrogens is 1. The summed E-state index contributed by atoms with van der Waals surface area (Å²) < 4.78 is 2.37. The summed E-state index contributed by atoms with van der Waals surface area (Å²) in [6, 6.07) is 42.6. The third-order valence-corrected chi connectivity index (χ3v) is 9.60. The van der Waals surface area contributed by atoms with Gasteiger partial charge in [0.2, 0.25) is 0 Å². The summed E-state index contributed by atoms with van der Waals surface area (Å²) in [4.78, 5) is 2.63. The zero-order valence-electron chi connectivity index (χ0n) is 25.2. The number of aryl methyl sites for hydroxylation is 1. The van der Waals surface area contributed by atoms with Gasteiger partial charge in [-0.05, 0) is 79.8 Å². The SMILES string of the molecule is Cc1cccc2c1N(C(C)(C)C(C)c1ccc(-c3ccc(-n4c5ccccc5c5ccccc54)cc3)cc1)C(C)C=C2. The van der Waals surface area contributed by atoms with Crippen LogP contribution in [0.5, 0.6) is 0 Å². The number of para-hydroxylation sites is 3. The van der Waals surface area contributed by atoms with Crippen LogP contribution in [0, 0.1) is 6.92 Å². The van der Waals surface area contributed by atoms with Crippen LogP contribution in [0.2, 0.25) is 0 Å². The van der Waals surface area contributed by atoms with Gasteiger partial charge in [-0.25, -0.2) is 0 Å². The summed E-state index contributed by atoms with van der Waals surface area (Å²) in [5.41, 5.74) is 11.4. The number of anilines is 1. The first-order valence-corrected chi connectivity index (χ1v) is 15.1. The van der Waals surface area contributed by atoms with E-state index in [1.165, 1.54) is 61.0 Å². The lowest BCUT2D eigenvalue weighted by molar-refractivity contribution is 0.377. The number of rotatable bonds is 5. The Hall–Kier alpha value is -4.56. The zero-order chi connectivity index (χ0) is 29.0. The minimum absolute atomic E-state index is 0.0729. The van der Waals surface area contributed by atoms with E-state index in [-0.39, 0.29) is 5.54 Å². The molecule has 0 bridgehead atoms. The van der Waals surface area contributed by atoms with Crippen LogP contribution < -0.4 is 4.90 Å². The Kier molecular flexibility index (Phi) is 6.31. The Labute approximate surface area is 249 Å². The molecule has 1 aliphatic heterocycles. The molecule has 208 valence electrons. The second-order valence-corrected chi connectivity index (χ2v) is 12.4. The highest BCUT2D eigenvalue weighted by molar-refractivity contribution is 6.09. The fraction of sp³-hybridized carbons (Fsp3) is 0.200. The Morgan fingerprint density at radius 1 is 0.667 bits per heavy atom. The zero-order valence-corrected chi connectivity index (χ0v) is 25.2. The van der Waals surface area contributed by atoms with Crippen LogP contribution in [-0.2, 0) is 0 Å². The number of nitrogens with zero attached hydrogens (tertiary/aromatic N) is 2. The predicted molar refractivity (Wildman–Crippen MR) is 181 cm³/mol. The van der Waals surface area contributed by atoms with E-state index in [9.17, 15) is 0 Å². The van der Waals surface area contributed by atoms with Gasteiger partial charge in [-0.2, -0.15) is 0 Å². The molecule has 0 saturated carbocycles. The first kappa shape index (κ1) is 26.3. The van der Waals surface area contributed by atoms with Gasteiger partial charge in [0.05, 0.1) is 11.0 Å². The highest BCUT2D eigenvalue weighted by Gasteiger charge is 2.38. The molecule has 0 aliphatic carbocycles. The number of hydrogen-bond acceptors (Lipinski definition) is 1. The Balaban J connectivity index is 1.18. The first-order valence-electron chi connectivity index (χ1n) is 15.1. The van der Waals surface area contributed by atoms with E-state index in [1.54, 1.807) is 0 Å². The van der Waals surface area contributed by atoms with Gasteiger partial charge in [0, 0.05) is 39.6 Å². The highest BCUT2D eigenvalue weighted by Crippen LogP contribution is 2.43. The summed E-state index contributed by atoms with van der Waals surface area (Å²) in [5, 5.41) is 2.58. The molecule has 0 fully saturated rings. The molecule has 0 amide bonds. The van der Waals surface area contributed by atoms with Gasteiger partial charge < -0.3 is 9.47 Å². The summed E-state index contributed by atoms with van der Waals surface area (Å²) >= 11 is 0. The molecule has 2 heterocycles. The molecule has 0 N–H and O–H groups in total. The molecule has 5 aromatic carbocycles. The molecule has 2 unspecified atom stereocenters. The van der Waals surface area contributed by atoms with Crippen molar-refractivity contribution in [1.29, 1.82) is 0 Å². The molecule has 7 rings (SSSR count). The number of benzene rings is 5. The van der Waals surface area contributed by atoms with Crippen molar-refractivity contribution in [2.45, 2.75) is 52.1 Å². The molecule has 0 saturated heterocycles. The Morgan fingerprint density at radius 3 is 1.86 bits per heavy atom. The number of fused-ring (bicyclic) bond motifs is 4. The normalized spacial score (nSPS) is 15.7. The van der Waals surface area contributed by atoms with E-state index < -0.39 is 0 Å². The van der Waals surface area contributed by atoms with Crippen LogP contribution >= 0.6 is 0 Å². The van der Waals surface area contributed by atoms with Crippen molar-refractivity contribution in [3.63, 3.8) is 0 Å². The topological polar surface area (TPSA) is 8.17 Å². The minimum atomic E-state index is -0.0729. The van der Waals surface area contributed by atoms with Crippen LogP contribution in [0.25, 0.3) is 44.7 Å². The lowest BCUT2D eigenvalue weighted by atomic mass is 9.79. The van der Waals surface area contributed by atoms with E-state index in [4.69, 9.17) is 0 Å². The molecular formula is C40H38N2. The Morgan fingerprint density at radius 2 is 1.24 bits per heavy atom. The maximum absolute atomic E-state index is 2.63. The van der Waals surface area contributed by atoms with Gasteiger partial charge in [0.25, 0.3) is 0 Å². The van der Waals surface area contributed by atoms with Crippen molar-refractivity contribution < 1.29 is 0 Å². The van der Waals surface area contributed by atoms with Crippen LogP contribution in [0.1, 0.15) is 50.3 Å². The smallest absolute Gasteiger partial charge is 0.0541 e. The van der Waals surface area contributed by atoms with Crippen molar-refractivity contribution in [2.75, 3.05) is 4.90 Å². The fourth-order valence-corrected chi connectivity index (χ4v) is 7.08. The van der Waals surface area contributed by atoms with E-state index in [2.05, 4.69) is 171 Å². The minimum Gasteiger partial charge on any atom is -0.359 e. The average molecular weight is 547 g/mol. The predicted octanol–water partition coefficient (Wildman–Crippen LogP) is 10.6. The molecular weight excluding hydrogens is 508 g/mol. The van der Waals surface area contributed by atoms with Gasteiger partial charge in [-0.3, -0.25) is 0 Å². The lowest BCUT2D eigenvalue weighted by Gasteiger charge is -2.50. The third-order valence-electron chi connectivity index (χ3n) is 9.60. The maximum Gasteiger partial charge on any atom is 0.0541 e. The van der Waals surface area contributed by atoms with E-state index in [0.717, 1.165) is 0 Å². The van der Waals surface area contributed by atoms with Crippen LogP contribution in [0.15, 0.2) is 121 Å². The largest absolute Gasteiger partial charge is 0.359 e. The number of hydrogen-bond donors (Lipinski definition) is 0. The standard InChI is InChI=1S/C40H38N2/c1-27-11-10-12-33-18-17-28(2)42(39(27)33)40(4,5)29(3)30-19-21-31(22-20-30)32-23-25-34(26-24-32)41-37-15-8-6-13-35(37)36-14-7-9-16-38(36)41/h6-26,28-29H,1-5H3. The lowest BCUT2D eigenvalue weighted by Crippen LogP contribution is -2.53. The molecule has 6 aromatic rings. The van der Waals surface area contributed by atoms with Gasteiger partial charge in [-0.15, -0.1) is 0 Å². The van der Waals surface area contributed by atoms with E-state index in [1.807, 2.05) is 0 Å². The quantitative estimate of drug-likeness (QED) is 0.209. The first-order chi connectivity index (χ1) is 20.3. The summed E-state index contributed by atoms with van der Waals surface area (Å²) in [6.07, 6.45) is 4.62. The second kappa shape index (κ2) is 10.1. The molecule has 2 atom stereocenters. The fourth-order valence-electron chi connectivity index (χ4n) is 7.08. The van der Waals surface area contributed by atoms with Crippen molar-refractivity contribution >= 4 is 33.6 Å². The molecule has 1 aromatic heterocycles. The van der Waals surface area contributed by atoms with Gasteiger partial charge in [0.1, 0.15) is 0 Å². The molecule has 0 spiro atoms. The summed E-state index contributed by atoms with van der Waals surface area (Å²) in [6.45, 7) is 11.7. The highest BCUT2D eigenvalue weighted by atomic mass is 15.2. The summed E-state index contributed by atoms with van der Waals surface area (Å²) in [5.74, 6) is 0.339. The third kappa shape index (κ3) is 4.17. The van der Waals surface area contributed by atoms with Crippen molar-refractivity contribution in [3.8, 4) is 16.8 Å². The van der Waals surface area contributed by atoms with Gasteiger partial charge >= 0.3 is 0 Å². The molecule has 42 heavy (non-hydrogen) atoms. The summed E-state index contributed by atoms with van der Waals surface area (Å²) in [7, 11) is 0. The monoisotopic (exact) mass is 546 g/mol. The van der Waals surface area contributed by atoms with Crippen LogP contribution in [0.4, 0.5) is 5.69 Å². The second-order valence-electron chi connectivity index (χ2n) is 12.4. The van der Waals surface area contributed by atoms with Crippen LogP contribution in [-0.4, -0.2) is 16.1 Å². The van der Waals surface area contributed by atoms with Gasteiger partial charge in [0.15, 0.2) is 0 Å². The Bertz CT molecular complexity index is 1880. The van der Waals surface area contributed by atoms with Gasteiger partial charge in [-0.1, -0.05) is 110 Å². The maximum atomic E-state index is 2.63. The molecule has 0 radical (unpaired) electrons. The molecule has 2 heteroatoms. The molecule has 2 nitrogen and oxygen atoms in total. The van der Waals surface area contributed by atoms with Crippen molar-refractivity contribution in [3.05, 3.63) is 138 Å². The van der Waals surface area contributed by atoms with Crippen LogP contribution in [0.3, 0.4) is 0 Å². The molecule has 1 aliphatic rings.